The van der Waals surface area contributed by atoms with Crippen LogP contribution in [-0.4, -0.2) is 0 Å². The molecule has 5 rings (SSSR count). The van der Waals surface area contributed by atoms with Crippen LogP contribution in [0.4, 0.5) is 0 Å². The van der Waals surface area contributed by atoms with Crippen LogP contribution in [0.2, 0.25) is 0 Å². The second-order valence-electron chi connectivity index (χ2n) is 7.61. The smallest absolute Gasteiger partial charge is 0.00131 e. The van der Waals surface area contributed by atoms with Gasteiger partial charge in [0, 0.05) is 0 Å². The van der Waals surface area contributed by atoms with E-state index in [2.05, 4.69) is 73.7 Å². The van der Waals surface area contributed by atoms with E-state index in [0.29, 0.717) is 0 Å². The molecule has 0 unspecified atom stereocenters. The number of fused-ring (bicyclic) bond motifs is 7. The zero-order chi connectivity index (χ0) is 17.5. The molecule has 0 fully saturated rings. The Labute approximate surface area is 155 Å². The van der Waals surface area contributed by atoms with Crippen LogP contribution in [0.25, 0.3) is 32.7 Å². The average Bonchev–Trinajstić information content (AvgIpc) is 3.06. The van der Waals surface area contributed by atoms with Crippen molar-refractivity contribution in [3.05, 3.63) is 83.4 Å². The molecule has 0 saturated heterocycles. The molecular formula is C26H24. The number of rotatable bonds is 4. The molecular weight excluding hydrogens is 312 g/mol. The summed E-state index contributed by atoms with van der Waals surface area (Å²) in [5, 5.41) is 5.46. The summed E-state index contributed by atoms with van der Waals surface area (Å²) < 4.78 is 0. The molecule has 0 radical (unpaired) electrons. The average molecular weight is 336 g/mol. The van der Waals surface area contributed by atoms with E-state index >= 15 is 0 Å². The van der Waals surface area contributed by atoms with Gasteiger partial charge in [0.25, 0.3) is 0 Å². The van der Waals surface area contributed by atoms with Gasteiger partial charge in [0.05, 0.1) is 0 Å². The van der Waals surface area contributed by atoms with Gasteiger partial charge in [-0.25, -0.2) is 0 Å². The van der Waals surface area contributed by atoms with Crippen LogP contribution in [0.15, 0.2) is 66.7 Å². The lowest BCUT2D eigenvalue weighted by Crippen LogP contribution is -1.88. The first kappa shape index (κ1) is 15.6. The highest BCUT2D eigenvalue weighted by Crippen LogP contribution is 2.43. The molecule has 0 heterocycles. The van der Waals surface area contributed by atoms with Crippen LogP contribution in [0, 0.1) is 0 Å². The van der Waals surface area contributed by atoms with Crippen molar-refractivity contribution in [3.8, 4) is 11.1 Å². The summed E-state index contributed by atoms with van der Waals surface area (Å²) in [5.41, 5.74) is 7.39. The minimum Gasteiger partial charge on any atom is -0.0654 e. The Kier molecular flexibility index (Phi) is 3.78. The molecule has 0 bridgehead atoms. The van der Waals surface area contributed by atoms with E-state index in [4.69, 9.17) is 0 Å². The van der Waals surface area contributed by atoms with Gasteiger partial charge in [-0.05, 0) is 68.6 Å². The lowest BCUT2D eigenvalue weighted by Gasteiger charge is -2.10. The Morgan fingerprint density at radius 2 is 1.62 bits per heavy atom. The van der Waals surface area contributed by atoms with Gasteiger partial charge < -0.3 is 0 Å². The van der Waals surface area contributed by atoms with Gasteiger partial charge in [-0.15, -0.1) is 0 Å². The SMILES string of the molecule is CCCCCc1ccc2c(c1)Cc1ccc3c(ccc4ccccc43)c1-2. The molecule has 4 aromatic rings. The van der Waals surface area contributed by atoms with E-state index in [1.807, 2.05) is 0 Å². The molecule has 0 N–H and O–H groups in total. The van der Waals surface area contributed by atoms with Crippen LogP contribution in [0.1, 0.15) is 42.9 Å². The van der Waals surface area contributed by atoms with Gasteiger partial charge in [-0.3, -0.25) is 0 Å². The van der Waals surface area contributed by atoms with Crippen molar-refractivity contribution in [1.82, 2.24) is 0 Å². The van der Waals surface area contributed by atoms with Crippen molar-refractivity contribution in [2.45, 2.75) is 39.0 Å². The van der Waals surface area contributed by atoms with Gasteiger partial charge in [0.1, 0.15) is 0 Å². The predicted molar refractivity (Wildman–Crippen MR) is 113 cm³/mol. The van der Waals surface area contributed by atoms with Crippen LogP contribution in [0.5, 0.6) is 0 Å². The van der Waals surface area contributed by atoms with E-state index < -0.39 is 0 Å². The van der Waals surface area contributed by atoms with E-state index in [0.717, 1.165) is 6.42 Å². The summed E-state index contributed by atoms with van der Waals surface area (Å²) >= 11 is 0. The molecule has 0 nitrogen and oxygen atoms in total. The summed E-state index contributed by atoms with van der Waals surface area (Å²) in [4.78, 5) is 0. The van der Waals surface area contributed by atoms with Crippen molar-refractivity contribution < 1.29 is 0 Å². The molecule has 0 amide bonds. The molecule has 1 aliphatic rings. The molecule has 0 saturated carbocycles. The van der Waals surface area contributed by atoms with Gasteiger partial charge in [0.15, 0.2) is 0 Å². The highest BCUT2D eigenvalue weighted by atomic mass is 14.2. The molecule has 4 aromatic carbocycles. The molecule has 0 heteroatoms. The van der Waals surface area contributed by atoms with Gasteiger partial charge >= 0.3 is 0 Å². The van der Waals surface area contributed by atoms with Crippen LogP contribution in [0.3, 0.4) is 0 Å². The first-order valence-corrected chi connectivity index (χ1v) is 9.90. The fourth-order valence-electron chi connectivity index (χ4n) is 4.58. The number of unbranched alkanes of at least 4 members (excludes halogenated alkanes) is 2. The standard InChI is InChI=1S/C26H24/c1-2-3-4-7-18-10-13-23-21(16-18)17-20-12-14-24-22-9-6-5-8-19(22)11-15-25(24)26(20)23/h5-6,8-16H,2-4,7,17H2,1H3. The molecule has 1 aliphatic carbocycles. The third-order valence-electron chi connectivity index (χ3n) is 5.90. The summed E-state index contributed by atoms with van der Waals surface area (Å²) in [7, 11) is 0. The summed E-state index contributed by atoms with van der Waals surface area (Å²) in [5.74, 6) is 0. The fourth-order valence-corrected chi connectivity index (χ4v) is 4.58. The first-order valence-electron chi connectivity index (χ1n) is 9.90. The molecule has 0 atom stereocenters. The molecule has 0 aromatic heterocycles. The van der Waals surface area contributed by atoms with Gasteiger partial charge in [-0.1, -0.05) is 86.5 Å². The quantitative estimate of drug-likeness (QED) is 0.239. The Morgan fingerprint density at radius 3 is 2.54 bits per heavy atom. The van der Waals surface area contributed by atoms with E-state index in [1.165, 1.54) is 75.0 Å². The Balaban J connectivity index is 1.64. The van der Waals surface area contributed by atoms with Crippen LogP contribution in [-0.2, 0) is 12.8 Å². The molecule has 0 spiro atoms. The minimum absolute atomic E-state index is 1.08. The number of aryl methyl sites for hydroxylation is 1. The molecule has 0 aliphatic heterocycles. The topological polar surface area (TPSA) is 0 Å². The lowest BCUT2D eigenvalue weighted by molar-refractivity contribution is 0.717. The third-order valence-corrected chi connectivity index (χ3v) is 5.90. The van der Waals surface area contributed by atoms with Gasteiger partial charge in [0.2, 0.25) is 0 Å². The highest BCUT2D eigenvalue weighted by molar-refractivity contribution is 6.13. The molecule has 26 heavy (non-hydrogen) atoms. The monoisotopic (exact) mass is 336 g/mol. The number of benzene rings is 4. The van der Waals surface area contributed by atoms with Crippen molar-refractivity contribution in [2.75, 3.05) is 0 Å². The second kappa shape index (κ2) is 6.29. The van der Waals surface area contributed by atoms with E-state index in [1.54, 1.807) is 0 Å². The zero-order valence-electron chi connectivity index (χ0n) is 15.4. The third kappa shape index (κ3) is 2.44. The highest BCUT2D eigenvalue weighted by Gasteiger charge is 2.21. The van der Waals surface area contributed by atoms with Crippen molar-refractivity contribution in [3.63, 3.8) is 0 Å². The number of hydrogen-bond acceptors (Lipinski definition) is 0. The fraction of sp³-hybridized carbons (Fsp3) is 0.231. The van der Waals surface area contributed by atoms with Crippen molar-refractivity contribution >= 4 is 21.5 Å². The summed E-state index contributed by atoms with van der Waals surface area (Å²) in [6.07, 6.45) is 6.21. The normalized spacial score (nSPS) is 12.5. The van der Waals surface area contributed by atoms with Crippen molar-refractivity contribution in [2.24, 2.45) is 0 Å². The summed E-state index contributed by atoms with van der Waals surface area (Å²) in [6, 6.07) is 25.2. The minimum atomic E-state index is 1.08. The Bertz CT molecular complexity index is 1120. The largest absolute Gasteiger partial charge is 0.0654 e. The van der Waals surface area contributed by atoms with Crippen molar-refractivity contribution in [1.29, 1.82) is 0 Å². The zero-order valence-corrected chi connectivity index (χ0v) is 15.4. The lowest BCUT2D eigenvalue weighted by atomic mass is 9.94. The number of hydrogen-bond donors (Lipinski definition) is 0. The second-order valence-corrected chi connectivity index (χ2v) is 7.61. The molecule has 128 valence electrons. The Morgan fingerprint density at radius 1 is 0.731 bits per heavy atom. The predicted octanol–water partition coefficient (Wildman–Crippen LogP) is 7.30. The maximum atomic E-state index is 2.46. The van der Waals surface area contributed by atoms with Gasteiger partial charge in [-0.2, -0.15) is 0 Å². The summed E-state index contributed by atoms with van der Waals surface area (Å²) in [6.45, 7) is 2.27. The van der Waals surface area contributed by atoms with E-state index in [-0.39, 0.29) is 0 Å². The van der Waals surface area contributed by atoms with Crippen LogP contribution < -0.4 is 0 Å². The first-order chi connectivity index (χ1) is 12.8. The maximum Gasteiger partial charge on any atom is -0.00131 e. The van der Waals surface area contributed by atoms with Crippen LogP contribution >= 0.6 is 0 Å². The maximum absolute atomic E-state index is 2.46. The van der Waals surface area contributed by atoms with E-state index in [9.17, 15) is 0 Å². The Hall–Kier alpha value is -2.60.